The standard InChI is InChI=1S/C24H18FNO4/c1-13-10-14(2)19-18(11-13)30-23-20(22(19)27)21(15-5-7-16(25)8-6-15)26(24(23)28)12-17-4-3-9-29-17/h3-11,21H,12H2,1-2H3/t21-/m0/s1. The molecular formula is C24H18FNO4. The molecule has 0 aliphatic carbocycles. The van der Waals surface area contributed by atoms with Crippen LogP contribution in [0.3, 0.4) is 0 Å². The highest BCUT2D eigenvalue weighted by Gasteiger charge is 2.43. The molecule has 0 N–H and O–H groups in total. The van der Waals surface area contributed by atoms with Crippen LogP contribution in [0.25, 0.3) is 11.0 Å². The van der Waals surface area contributed by atoms with Crippen LogP contribution in [0.1, 0.15) is 44.6 Å². The van der Waals surface area contributed by atoms with E-state index in [-0.39, 0.29) is 23.3 Å². The number of carbonyl (C=O) groups is 1. The van der Waals surface area contributed by atoms with Crippen LogP contribution in [0.2, 0.25) is 0 Å². The molecule has 1 atom stereocenters. The van der Waals surface area contributed by atoms with Gasteiger partial charge >= 0.3 is 0 Å². The van der Waals surface area contributed by atoms with Gasteiger partial charge in [0.25, 0.3) is 5.91 Å². The Kier molecular flexibility index (Phi) is 4.10. The smallest absolute Gasteiger partial charge is 0.291 e. The summed E-state index contributed by atoms with van der Waals surface area (Å²) in [5, 5.41) is 0.458. The Bertz CT molecular complexity index is 1340. The molecule has 0 saturated heterocycles. The number of halogens is 1. The Morgan fingerprint density at radius 1 is 1.07 bits per heavy atom. The molecule has 2 aromatic carbocycles. The van der Waals surface area contributed by atoms with Crippen LogP contribution >= 0.6 is 0 Å². The Hall–Kier alpha value is -3.67. The highest BCUT2D eigenvalue weighted by molar-refractivity contribution is 5.99. The van der Waals surface area contributed by atoms with Crippen molar-refractivity contribution in [3.8, 4) is 0 Å². The molecular weight excluding hydrogens is 385 g/mol. The summed E-state index contributed by atoms with van der Waals surface area (Å²) in [7, 11) is 0. The van der Waals surface area contributed by atoms with Crippen molar-refractivity contribution in [2.75, 3.05) is 0 Å². The summed E-state index contributed by atoms with van der Waals surface area (Å²) in [6, 6.07) is 12.3. The maximum Gasteiger partial charge on any atom is 0.291 e. The summed E-state index contributed by atoms with van der Waals surface area (Å²) in [6.45, 7) is 3.92. The van der Waals surface area contributed by atoms with E-state index in [9.17, 15) is 14.0 Å². The zero-order chi connectivity index (χ0) is 21.0. The first-order valence-electron chi connectivity index (χ1n) is 9.61. The number of aryl methyl sites for hydroxylation is 2. The van der Waals surface area contributed by atoms with Gasteiger partial charge in [-0.1, -0.05) is 18.2 Å². The van der Waals surface area contributed by atoms with E-state index in [2.05, 4.69) is 0 Å². The molecule has 1 aliphatic rings. The first-order chi connectivity index (χ1) is 14.4. The van der Waals surface area contributed by atoms with Crippen molar-refractivity contribution in [2.45, 2.75) is 26.4 Å². The zero-order valence-electron chi connectivity index (χ0n) is 16.4. The van der Waals surface area contributed by atoms with Crippen molar-refractivity contribution >= 4 is 16.9 Å². The molecule has 4 aromatic rings. The van der Waals surface area contributed by atoms with Gasteiger partial charge in [-0.15, -0.1) is 0 Å². The van der Waals surface area contributed by atoms with Crippen LogP contribution in [-0.4, -0.2) is 10.8 Å². The molecule has 3 heterocycles. The molecule has 0 saturated carbocycles. The predicted molar refractivity (Wildman–Crippen MR) is 109 cm³/mol. The summed E-state index contributed by atoms with van der Waals surface area (Å²) in [4.78, 5) is 28.4. The van der Waals surface area contributed by atoms with Crippen molar-refractivity contribution in [2.24, 2.45) is 0 Å². The lowest BCUT2D eigenvalue weighted by Gasteiger charge is -2.24. The number of furan rings is 1. The topological polar surface area (TPSA) is 63.7 Å². The van der Waals surface area contributed by atoms with Gasteiger partial charge in [0.15, 0.2) is 5.43 Å². The van der Waals surface area contributed by atoms with E-state index in [1.807, 2.05) is 19.9 Å². The fourth-order valence-electron chi connectivity index (χ4n) is 4.24. The van der Waals surface area contributed by atoms with E-state index in [0.717, 1.165) is 11.1 Å². The second kappa shape index (κ2) is 6.69. The summed E-state index contributed by atoms with van der Waals surface area (Å²) < 4.78 is 25.0. The van der Waals surface area contributed by atoms with E-state index in [1.54, 1.807) is 30.3 Å². The Balaban J connectivity index is 1.78. The third-order valence-corrected chi connectivity index (χ3v) is 5.50. The first kappa shape index (κ1) is 18.4. The lowest BCUT2D eigenvalue weighted by molar-refractivity contribution is 0.0701. The van der Waals surface area contributed by atoms with Crippen LogP contribution in [0.5, 0.6) is 0 Å². The van der Waals surface area contributed by atoms with E-state index < -0.39 is 17.8 Å². The van der Waals surface area contributed by atoms with Gasteiger partial charge in [0.1, 0.15) is 17.2 Å². The summed E-state index contributed by atoms with van der Waals surface area (Å²) in [6.07, 6.45) is 1.53. The highest BCUT2D eigenvalue weighted by Crippen LogP contribution is 2.39. The number of hydrogen-bond acceptors (Lipinski definition) is 4. The molecule has 30 heavy (non-hydrogen) atoms. The summed E-state index contributed by atoms with van der Waals surface area (Å²) in [5.74, 6) is -0.183. The normalized spacial score (nSPS) is 15.8. The first-order valence-corrected chi connectivity index (χ1v) is 9.61. The minimum absolute atomic E-state index is 0.0263. The van der Waals surface area contributed by atoms with Crippen molar-refractivity contribution in [3.05, 3.63) is 105 Å². The third-order valence-electron chi connectivity index (χ3n) is 5.50. The molecule has 1 amide bonds. The monoisotopic (exact) mass is 403 g/mol. The van der Waals surface area contributed by atoms with Crippen LogP contribution in [0.15, 0.2) is 68.4 Å². The number of carbonyl (C=O) groups excluding carboxylic acids is 1. The van der Waals surface area contributed by atoms with Crippen molar-refractivity contribution < 1.29 is 18.0 Å². The average molecular weight is 403 g/mol. The third kappa shape index (κ3) is 2.76. The molecule has 2 aromatic heterocycles. The van der Waals surface area contributed by atoms with E-state index >= 15 is 0 Å². The maximum absolute atomic E-state index is 13.6. The Labute approximate surface area is 171 Å². The quantitative estimate of drug-likeness (QED) is 0.489. The van der Waals surface area contributed by atoms with Gasteiger partial charge in [-0.05, 0) is 60.9 Å². The van der Waals surface area contributed by atoms with Gasteiger partial charge < -0.3 is 13.7 Å². The number of rotatable bonds is 3. The largest absolute Gasteiger partial charge is 0.467 e. The summed E-state index contributed by atoms with van der Waals surface area (Å²) in [5.41, 5.74) is 2.78. The van der Waals surface area contributed by atoms with Gasteiger partial charge in [-0.3, -0.25) is 9.59 Å². The van der Waals surface area contributed by atoms with Crippen molar-refractivity contribution in [3.63, 3.8) is 0 Å². The Morgan fingerprint density at radius 3 is 2.53 bits per heavy atom. The van der Waals surface area contributed by atoms with E-state index in [4.69, 9.17) is 8.83 Å². The van der Waals surface area contributed by atoms with Gasteiger partial charge in [-0.25, -0.2) is 4.39 Å². The maximum atomic E-state index is 13.6. The molecule has 6 heteroatoms. The fourth-order valence-corrected chi connectivity index (χ4v) is 4.24. The molecule has 0 radical (unpaired) electrons. The lowest BCUT2D eigenvalue weighted by atomic mass is 9.97. The van der Waals surface area contributed by atoms with Crippen molar-refractivity contribution in [1.29, 1.82) is 0 Å². The number of nitrogens with zero attached hydrogens (tertiary/aromatic N) is 1. The molecule has 1 aliphatic heterocycles. The molecule has 150 valence electrons. The molecule has 0 bridgehead atoms. The minimum atomic E-state index is -0.695. The molecule has 5 rings (SSSR count). The second-order valence-electron chi connectivity index (χ2n) is 7.60. The number of amides is 1. The van der Waals surface area contributed by atoms with Gasteiger partial charge in [0.05, 0.1) is 29.8 Å². The van der Waals surface area contributed by atoms with Gasteiger partial charge in [-0.2, -0.15) is 0 Å². The lowest BCUT2D eigenvalue weighted by Crippen LogP contribution is -2.29. The van der Waals surface area contributed by atoms with Crippen LogP contribution in [0, 0.1) is 19.7 Å². The van der Waals surface area contributed by atoms with Gasteiger partial charge in [0.2, 0.25) is 5.76 Å². The predicted octanol–water partition coefficient (Wildman–Crippen LogP) is 4.89. The van der Waals surface area contributed by atoms with Crippen LogP contribution in [-0.2, 0) is 6.54 Å². The SMILES string of the molecule is Cc1cc(C)c2c(=O)c3c(oc2c1)C(=O)N(Cc1ccco1)[C@H]3c1ccc(F)cc1. The average Bonchev–Trinajstić information content (AvgIpc) is 3.30. The van der Waals surface area contributed by atoms with Gasteiger partial charge in [0, 0.05) is 0 Å². The Morgan fingerprint density at radius 2 is 1.83 bits per heavy atom. The fraction of sp³-hybridized carbons (Fsp3) is 0.167. The highest BCUT2D eigenvalue weighted by atomic mass is 19.1. The van der Waals surface area contributed by atoms with Crippen molar-refractivity contribution in [1.82, 2.24) is 4.90 Å². The second-order valence-corrected chi connectivity index (χ2v) is 7.60. The summed E-state index contributed by atoms with van der Waals surface area (Å²) >= 11 is 0. The molecule has 0 unspecified atom stereocenters. The van der Waals surface area contributed by atoms with Crippen LogP contribution in [0.4, 0.5) is 4.39 Å². The zero-order valence-corrected chi connectivity index (χ0v) is 16.4. The molecule has 0 fully saturated rings. The molecule has 5 nitrogen and oxygen atoms in total. The number of fused-ring (bicyclic) bond motifs is 2. The molecule has 0 spiro atoms. The number of benzene rings is 2. The van der Waals surface area contributed by atoms with E-state index in [0.29, 0.717) is 22.3 Å². The number of hydrogen-bond donors (Lipinski definition) is 0. The van der Waals surface area contributed by atoms with E-state index in [1.165, 1.54) is 23.3 Å². The van der Waals surface area contributed by atoms with Crippen LogP contribution < -0.4 is 5.43 Å². The minimum Gasteiger partial charge on any atom is -0.467 e.